The molecule has 4 nitrogen and oxygen atoms in total. The van der Waals surface area contributed by atoms with Crippen molar-refractivity contribution in [3.05, 3.63) is 39.8 Å². The lowest BCUT2D eigenvalue weighted by atomic mass is 10.3. The Bertz CT molecular complexity index is 553. The minimum absolute atomic E-state index is 0.704. The van der Waals surface area contributed by atoms with Crippen LogP contribution in [0, 0.1) is 0 Å². The third kappa shape index (κ3) is 3.79. The molecule has 0 unspecified atom stereocenters. The predicted octanol–water partition coefficient (Wildman–Crippen LogP) is 2.11. The molecule has 1 aliphatic heterocycles. The highest BCUT2D eigenvalue weighted by Gasteiger charge is 2.16. The van der Waals surface area contributed by atoms with Gasteiger partial charge in [0.05, 0.1) is 24.3 Å². The van der Waals surface area contributed by atoms with E-state index >= 15 is 0 Å². The third-order valence-corrected chi connectivity index (χ3v) is 4.58. The average molecular weight is 356 g/mol. The second-order valence-corrected chi connectivity index (χ2v) is 6.68. The Morgan fingerprint density at radius 1 is 1.25 bits per heavy atom. The fourth-order valence-electron chi connectivity index (χ4n) is 2.11. The summed E-state index contributed by atoms with van der Waals surface area (Å²) in [5.74, 6) is 0.813. The SMILES string of the molecule is Brc1ccc(Oc2ncc(C[NH+]3CCOCC3)s2)cc1. The summed E-state index contributed by atoms with van der Waals surface area (Å²) in [6.07, 6.45) is 1.92. The maximum Gasteiger partial charge on any atom is 0.279 e. The minimum Gasteiger partial charge on any atom is -0.431 e. The Balaban J connectivity index is 1.60. The molecule has 0 atom stereocenters. The normalized spacial score (nSPS) is 16.2. The fourth-order valence-corrected chi connectivity index (χ4v) is 3.22. The summed E-state index contributed by atoms with van der Waals surface area (Å²) in [6, 6.07) is 7.78. The molecule has 0 spiro atoms. The molecule has 0 amide bonds. The van der Waals surface area contributed by atoms with Crippen molar-refractivity contribution in [2.75, 3.05) is 26.3 Å². The Labute approximate surface area is 130 Å². The third-order valence-electron chi connectivity index (χ3n) is 3.18. The number of nitrogens with zero attached hydrogens (tertiary/aromatic N) is 1. The Morgan fingerprint density at radius 3 is 2.75 bits per heavy atom. The van der Waals surface area contributed by atoms with Gasteiger partial charge in [0.2, 0.25) is 0 Å². The zero-order valence-corrected chi connectivity index (χ0v) is 13.4. The van der Waals surface area contributed by atoms with Crippen molar-refractivity contribution in [3.63, 3.8) is 0 Å². The van der Waals surface area contributed by atoms with Gasteiger partial charge in [-0.15, -0.1) is 0 Å². The minimum atomic E-state index is 0.704. The van der Waals surface area contributed by atoms with Crippen molar-refractivity contribution in [2.45, 2.75) is 6.54 Å². The predicted molar refractivity (Wildman–Crippen MR) is 81.5 cm³/mol. The van der Waals surface area contributed by atoms with Crippen molar-refractivity contribution in [3.8, 4) is 10.9 Å². The summed E-state index contributed by atoms with van der Waals surface area (Å²) in [7, 11) is 0. The molecule has 2 aromatic rings. The van der Waals surface area contributed by atoms with E-state index in [1.54, 1.807) is 16.2 Å². The van der Waals surface area contributed by atoms with E-state index in [0.29, 0.717) is 5.19 Å². The van der Waals surface area contributed by atoms with Crippen LogP contribution in [-0.4, -0.2) is 31.3 Å². The number of ether oxygens (including phenoxy) is 2. The lowest BCUT2D eigenvalue weighted by molar-refractivity contribution is -0.921. The van der Waals surface area contributed by atoms with Gasteiger partial charge in [-0.05, 0) is 24.3 Å². The molecule has 1 saturated heterocycles. The van der Waals surface area contributed by atoms with Crippen LogP contribution in [0.2, 0.25) is 0 Å². The van der Waals surface area contributed by atoms with E-state index in [4.69, 9.17) is 9.47 Å². The summed E-state index contributed by atoms with van der Waals surface area (Å²) < 4.78 is 12.2. The van der Waals surface area contributed by atoms with Gasteiger partial charge in [-0.25, -0.2) is 4.98 Å². The molecule has 1 fully saturated rings. The number of hydrogen-bond donors (Lipinski definition) is 1. The van der Waals surface area contributed by atoms with Gasteiger partial charge in [0, 0.05) is 4.47 Å². The summed E-state index contributed by atoms with van der Waals surface area (Å²) in [4.78, 5) is 7.15. The van der Waals surface area contributed by atoms with Crippen molar-refractivity contribution >= 4 is 27.3 Å². The maximum atomic E-state index is 5.76. The highest BCUT2D eigenvalue weighted by Crippen LogP contribution is 2.27. The van der Waals surface area contributed by atoms with Crippen molar-refractivity contribution in [2.24, 2.45) is 0 Å². The lowest BCUT2D eigenvalue weighted by Crippen LogP contribution is -3.12. The molecule has 1 aliphatic rings. The maximum absolute atomic E-state index is 5.76. The van der Waals surface area contributed by atoms with Gasteiger partial charge < -0.3 is 14.4 Å². The van der Waals surface area contributed by atoms with Crippen molar-refractivity contribution in [1.82, 2.24) is 4.98 Å². The highest BCUT2D eigenvalue weighted by atomic mass is 79.9. The molecule has 1 aromatic heterocycles. The molecule has 106 valence electrons. The summed E-state index contributed by atoms with van der Waals surface area (Å²) in [5, 5.41) is 0.704. The molecule has 2 heterocycles. The molecule has 6 heteroatoms. The molecule has 1 N–H and O–H groups in total. The molecule has 0 aliphatic carbocycles. The standard InChI is InChI=1S/C14H15BrN2O2S/c15-11-1-3-12(4-2-11)19-14-16-9-13(20-14)10-17-5-7-18-8-6-17/h1-4,9H,5-8,10H2/p+1. The van der Waals surface area contributed by atoms with Crippen molar-refractivity contribution in [1.29, 1.82) is 0 Å². The molecule has 0 radical (unpaired) electrons. The number of quaternary nitrogens is 1. The smallest absolute Gasteiger partial charge is 0.279 e. The number of morpholine rings is 1. The monoisotopic (exact) mass is 355 g/mol. The molecule has 0 bridgehead atoms. The van der Waals surface area contributed by atoms with Crippen LogP contribution < -0.4 is 9.64 Å². The van der Waals surface area contributed by atoms with Gasteiger partial charge >= 0.3 is 0 Å². The van der Waals surface area contributed by atoms with E-state index in [9.17, 15) is 0 Å². The Morgan fingerprint density at radius 2 is 2.00 bits per heavy atom. The first-order chi connectivity index (χ1) is 9.79. The van der Waals surface area contributed by atoms with E-state index in [1.807, 2.05) is 30.5 Å². The first-order valence-corrected chi connectivity index (χ1v) is 8.20. The fraction of sp³-hybridized carbons (Fsp3) is 0.357. The number of nitrogens with one attached hydrogen (secondary N) is 1. The number of hydrogen-bond acceptors (Lipinski definition) is 4. The van der Waals surface area contributed by atoms with Crippen molar-refractivity contribution < 1.29 is 14.4 Å². The van der Waals surface area contributed by atoms with Crippen LogP contribution in [0.5, 0.6) is 10.9 Å². The van der Waals surface area contributed by atoms with Crippen LogP contribution in [0.4, 0.5) is 0 Å². The van der Waals surface area contributed by atoms with Gasteiger partial charge in [-0.2, -0.15) is 0 Å². The number of halogens is 1. The quantitative estimate of drug-likeness (QED) is 0.912. The molecule has 1 aromatic carbocycles. The molecule has 20 heavy (non-hydrogen) atoms. The van der Waals surface area contributed by atoms with Crippen LogP contribution >= 0.6 is 27.3 Å². The lowest BCUT2D eigenvalue weighted by Gasteiger charge is -2.22. The number of aromatic nitrogens is 1. The summed E-state index contributed by atoms with van der Waals surface area (Å²) in [5.41, 5.74) is 0. The molecule has 0 saturated carbocycles. The second-order valence-electron chi connectivity index (χ2n) is 4.69. The average Bonchev–Trinajstić information content (AvgIpc) is 2.90. The molecule has 3 rings (SSSR count). The zero-order valence-electron chi connectivity index (χ0n) is 11.0. The van der Waals surface area contributed by atoms with E-state index in [-0.39, 0.29) is 0 Å². The van der Waals surface area contributed by atoms with E-state index in [1.165, 1.54) is 4.88 Å². The number of thiazole rings is 1. The topological polar surface area (TPSA) is 35.8 Å². The zero-order chi connectivity index (χ0) is 13.8. The molecular weight excluding hydrogens is 340 g/mol. The summed E-state index contributed by atoms with van der Waals surface area (Å²) >= 11 is 5.03. The van der Waals surface area contributed by atoms with Gasteiger partial charge in [0.1, 0.15) is 25.4 Å². The van der Waals surface area contributed by atoms with Crippen LogP contribution in [0.25, 0.3) is 0 Å². The van der Waals surface area contributed by atoms with Crippen LogP contribution in [0.15, 0.2) is 34.9 Å². The van der Waals surface area contributed by atoms with Crippen LogP contribution in [-0.2, 0) is 11.3 Å². The van der Waals surface area contributed by atoms with Gasteiger partial charge in [-0.1, -0.05) is 27.3 Å². The Kier molecular flexibility index (Phi) is 4.67. The molecular formula is C14H16BrN2O2S+. The van der Waals surface area contributed by atoms with Gasteiger partial charge in [-0.3, -0.25) is 0 Å². The summed E-state index contributed by atoms with van der Waals surface area (Å²) in [6.45, 7) is 4.86. The first-order valence-electron chi connectivity index (χ1n) is 6.59. The largest absolute Gasteiger partial charge is 0.431 e. The van der Waals surface area contributed by atoms with Crippen LogP contribution in [0.1, 0.15) is 4.88 Å². The van der Waals surface area contributed by atoms with Crippen LogP contribution in [0.3, 0.4) is 0 Å². The first kappa shape index (κ1) is 14.0. The Hall–Kier alpha value is -0.950. The van der Waals surface area contributed by atoms with Gasteiger partial charge in [0.25, 0.3) is 5.19 Å². The second kappa shape index (κ2) is 6.67. The number of rotatable bonds is 4. The van der Waals surface area contributed by atoms with E-state index in [2.05, 4.69) is 20.9 Å². The highest BCUT2D eigenvalue weighted by molar-refractivity contribution is 9.10. The number of benzene rings is 1. The van der Waals surface area contributed by atoms with Gasteiger partial charge in [0.15, 0.2) is 0 Å². The van der Waals surface area contributed by atoms with E-state index < -0.39 is 0 Å². The van der Waals surface area contributed by atoms with E-state index in [0.717, 1.165) is 43.1 Å².